The smallest absolute Gasteiger partial charge is 0.338 e. The van der Waals surface area contributed by atoms with Crippen molar-refractivity contribution in [1.29, 1.82) is 0 Å². The Morgan fingerprint density at radius 3 is 2.65 bits per heavy atom. The van der Waals surface area contributed by atoms with Gasteiger partial charge in [0.25, 0.3) is 0 Å². The predicted octanol–water partition coefficient (Wildman–Crippen LogP) is 5.10. The third-order valence-electron chi connectivity index (χ3n) is 5.41. The van der Waals surface area contributed by atoms with E-state index in [0.29, 0.717) is 12.1 Å². The molecule has 0 saturated carbocycles. The lowest BCUT2D eigenvalue weighted by molar-refractivity contribution is -0.119. The van der Waals surface area contributed by atoms with Crippen molar-refractivity contribution in [1.82, 2.24) is 4.98 Å². The minimum atomic E-state index is -0.440. The Hall–Kier alpha value is -3.51. The molecule has 2 heterocycles. The van der Waals surface area contributed by atoms with Crippen molar-refractivity contribution >= 4 is 39.1 Å². The Morgan fingerprint density at radius 2 is 1.74 bits per heavy atom. The van der Waals surface area contributed by atoms with Gasteiger partial charge in [0.2, 0.25) is 5.91 Å². The number of amides is 1. The van der Waals surface area contributed by atoms with Crippen molar-refractivity contribution < 1.29 is 14.3 Å². The van der Waals surface area contributed by atoms with Gasteiger partial charge in [-0.3, -0.25) is 4.79 Å². The number of rotatable bonds is 5. The first-order chi connectivity index (χ1) is 15.2. The van der Waals surface area contributed by atoms with Crippen LogP contribution in [0.5, 0.6) is 0 Å². The van der Waals surface area contributed by atoms with Crippen LogP contribution in [0.2, 0.25) is 0 Å². The lowest BCUT2D eigenvalue weighted by atomic mass is 10.1. The van der Waals surface area contributed by atoms with Crippen LogP contribution < -0.4 is 4.90 Å². The van der Waals surface area contributed by atoms with Crippen molar-refractivity contribution in [3.05, 3.63) is 83.9 Å². The van der Waals surface area contributed by atoms with Gasteiger partial charge in [-0.15, -0.1) is 11.3 Å². The molecular formula is C25H20N2O3S. The zero-order valence-corrected chi connectivity index (χ0v) is 17.6. The number of carbonyl (C=O) groups excluding carboxylic acids is 2. The highest BCUT2D eigenvalue weighted by atomic mass is 32.1. The molecule has 5 nitrogen and oxygen atoms in total. The van der Waals surface area contributed by atoms with Gasteiger partial charge >= 0.3 is 5.97 Å². The number of aromatic nitrogens is 1. The molecule has 5 rings (SSSR count). The Balaban J connectivity index is 1.27. The van der Waals surface area contributed by atoms with Crippen molar-refractivity contribution in [3.8, 4) is 10.6 Å². The van der Waals surface area contributed by atoms with Gasteiger partial charge in [-0.2, -0.15) is 0 Å². The number of thiazole rings is 1. The van der Waals surface area contributed by atoms with Crippen LogP contribution in [0.4, 0.5) is 5.69 Å². The van der Waals surface area contributed by atoms with Crippen LogP contribution in [0.3, 0.4) is 0 Å². The lowest BCUT2D eigenvalue weighted by Crippen LogP contribution is -2.30. The zero-order chi connectivity index (χ0) is 21.2. The summed E-state index contributed by atoms with van der Waals surface area (Å²) < 4.78 is 6.54. The van der Waals surface area contributed by atoms with Crippen molar-refractivity contribution in [2.45, 2.75) is 12.8 Å². The zero-order valence-electron chi connectivity index (χ0n) is 16.8. The Morgan fingerprint density at radius 1 is 0.968 bits per heavy atom. The van der Waals surface area contributed by atoms with Crippen LogP contribution in [0, 0.1) is 0 Å². The van der Waals surface area contributed by atoms with Gasteiger partial charge in [-0.25, -0.2) is 9.78 Å². The summed E-state index contributed by atoms with van der Waals surface area (Å²) in [5.74, 6) is -0.471. The number of carbonyl (C=O) groups is 2. The molecule has 4 aromatic rings. The molecule has 0 atom stereocenters. The number of para-hydroxylation sites is 2. The molecule has 0 aliphatic carbocycles. The van der Waals surface area contributed by atoms with Gasteiger partial charge in [-0.1, -0.05) is 48.5 Å². The minimum Gasteiger partial charge on any atom is -0.462 e. The molecule has 154 valence electrons. The van der Waals surface area contributed by atoms with E-state index in [0.717, 1.165) is 32.9 Å². The van der Waals surface area contributed by atoms with Crippen LogP contribution in [0.1, 0.15) is 22.3 Å². The van der Waals surface area contributed by atoms with Gasteiger partial charge in [0.1, 0.15) is 11.6 Å². The quantitative estimate of drug-likeness (QED) is 0.415. The van der Waals surface area contributed by atoms with Crippen LogP contribution in [-0.4, -0.2) is 30.0 Å². The monoisotopic (exact) mass is 428 g/mol. The molecule has 6 heteroatoms. The molecule has 31 heavy (non-hydrogen) atoms. The molecule has 1 aromatic heterocycles. The van der Waals surface area contributed by atoms with Crippen molar-refractivity contribution in [2.75, 3.05) is 18.1 Å². The summed E-state index contributed by atoms with van der Waals surface area (Å²) in [6, 6.07) is 23.1. The number of ether oxygens (including phenoxy) is 1. The van der Waals surface area contributed by atoms with E-state index in [9.17, 15) is 9.59 Å². The third-order valence-corrected chi connectivity index (χ3v) is 6.48. The first kappa shape index (κ1) is 19.5. The first-order valence-electron chi connectivity index (χ1n) is 10.2. The largest absolute Gasteiger partial charge is 0.462 e. The molecule has 0 N–H and O–H groups in total. The van der Waals surface area contributed by atoms with Crippen LogP contribution in [0.15, 0.2) is 72.8 Å². The second-order valence-electron chi connectivity index (χ2n) is 7.34. The molecule has 0 unspecified atom stereocenters. The maximum atomic E-state index is 12.8. The van der Waals surface area contributed by atoms with E-state index in [1.165, 1.54) is 5.56 Å². The molecule has 1 aliphatic heterocycles. The number of anilines is 1. The van der Waals surface area contributed by atoms with Crippen LogP contribution >= 0.6 is 11.3 Å². The third kappa shape index (κ3) is 3.82. The normalized spacial score (nSPS) is 12.7. The molecular weight excluding hydrogens is 408 g/mol. The fourth-order valence-electron chi connectivity index (χ4n) is 3.88. The lowest BCUT2D eigenvalue weighted by Gasteiger charge is -2.17. The summed E-state index contributed by atoms with van der Waals surface area (Å²) in [6.07, 6.45) is 1.01. The standard InChI is InChI=1S/C25H20N2O3S/c28-23(27-15-13-17-7-1-5-11-21(17)27)14-16-30-25(29)19-9-3-2-8-18(19)24-26-20-10-4-6-12-22(20)31-24/h1-12H,13-16H2. The summed E-state index contributed by atoms with van der Waals surface area (Å²) in [7, 11) is 0. The fourth-order valence-corrected chi connectivity index (χ4v) is 4.88. The van der Waals surface area contributed by atoms with Crippen molar-refractivity contribution in [3.63, 3.8) is 0 Å². The van der Waals surface area contributed by atoms with Gasteiger partial charge < -0.3 is 9.64 Å². The van der Waals surface area contributed by atoms with E-state index in [-0.39, 0.29) is 18.9 Å². The number of benzene rings is 3. The topological polar surface area (TPSA) is 59.5 Å². The van der Waals surface area contributed by atoms with Gasteiger partial charge in [-0.05, 0) is 36.2 Å². The number of fused-ring (bicyclic) bond motifs is 2. The Bertz CT molecular complexity index is 1250. The molecule has 0 radical (unpaired) electrons. The minimum absolute atomic E-state index is 0.0304. The molecule has 0 bridgehead atoms. The summed E-state index contributed by atoms with van der Waals surface area (Å²) in [5.41, 5.74) is 4.24. The molecule has 0 spiro atoms. The summed E-state index contributed by atoms with van der Waals surface area (Å²) in [4.78, 5) is 31.9. The summed E-state index contributed by atoms with van der Waals surface area (Å²) in [6.45, 7) is 0.719. The van der Waals surface area contributed by atoms with E-state index >= 15 is 0 Å². The highest BCUT2D eigenvalue weighted by molar-refractivity contribution is 7.21. The predicted molar refractivity (Wildman–Crippen MR) is 122 cm³/mol. The van der Waals surface area contributed by atoms with Gasteiger partial charge in [0, 0.05) is 17.8 Å². The van der Waals surface area contributed by atoms with E-state index in [4.69, 9.17) is 4.74 Å². The SMILES string of the molecule is O=C(OCCC(=O)N1CCc2ccccc21)c1ccccc1-c1nc2ccccc2s1. The molecule has 1 amide bonds. The fraction of sp³-hybridized carbons (Fsp3) is 0.160. The van der Waals surface area contributed by atoms with E-state index < -0.39 is 5.97 Å². The molecule has 3 aromatic carbocycles. The highest BCUT2D eigenvalue weighted by Gasteiger charge is 2.24. The first-order valence-corrected chi connectivity index (χ1v) is 11.0. The number of hydrogen-bond acceptors (Lipinski definition) is 5. The second kappa shape index (κ2) is 8.32. The van der Waals surface area contributed by atoms with Crippen LogP contribution in [0.25, 0.3) is 20.8 Å². The van der Waals surface area contributed by atoms with E-state index in [1.54, 1.807) is 28.4 Å². The van der Waals surface area contributed by atoms with Gasteiger partial charge in [0.15, 0.2) is 0 Å². The second-order valence-corrected chi connectivity index (χ2v) is 8.37. The van der Waals surface area contributed by atoms with Gasteiger partial charge in [0.05, 0.1) is 22.2 Å². The van der Waals surface area contributed by atoms with Crippen molar-refractivity contribution in [2.24, 2.45) is 0 Å². The van der Waals surface area contributed by atoms with E-state index in [1.807, 2.05) is 60.7 Å². The average molecular weight is 429 g/mol. The Labute approximate surface area is 183 Å². The number of hydrogen-bond donors (Lipinski definition) is 0. The highest BCUT2D eigenvalue weighted by Crippen LogP contribution is 2.32. The number of nitrogens with zero attached hydrogens (tertiary/aromatic N) is 2. The van der Waals surface area contributed by atoms with Crippen LogP contribution in [-0.2, 0) is 16.0 Å². The van der Waals surface area contributed by atoms with E-state index in [2.05, 4.69) is 4.98 Å². The Kier molecular flexibility index (Phi) is 5.22. The average Bonchev–Trinajstić information content (AvgIpc) is 3.43. The molecule has 0 saturated heterocycles. The maximum absolute atomic E-state index is 12.8. The summed E-state index contributed by atoms with van der Waals surface area (Å²) >= 11 is 1.54. The summed E-state index contributed by atoms with van der Waals surface area (Å²) in [5, 5.41) is 0.776. The maximum Gasteiger partial charge on any atom is 0.338 e. The number of esters is 1. The molecule has 1 aliphatic rings. The molecule has 0 fully saturated rings.